The molecule has 262 valence electrons. The van der Waals surface area contributed by atoms with Crippen molar-refractivity contribution in [2.45, 2.75) is 24.2 Å². The first-order valence-corrected chi connectivity index (χ1v) is 19.7. The minimum atomic E-state index is -0.533. The van der Waals surface area contributed by atoms with Crippen LogP contribution < -0.4 is 4.74 Å². The first kappa shape index (κ1) is 30.4. The van der Waals surface area contributed by atoms with Gasteiger partial charge < -0.3 is 4.74 Å². The van der Waals surface area contributed by atoms with Gasteiger partial charge in [0.2, 0.25) is 0 Å². The minimum Gasteiger partial charge on any atom is -0.453 e. The number of hydrogen-bond donors (Lipinski definition) is 0. The Bertz CT molecular complexity index is 3090. The molecule has 13 rings (SSSR count). The van der Waals surface area contributed by atoms with Crippen molar-refractivity contribution in [1.82, 2.24) is 9.55 Å². The van der Waals surface area contributed by atoms with E-state index in [0.717, 1.165) is 46.0 Å². The topological polar surface area (TPSA) is 27.1 Å². The highest BCUT2D eigenvalue weighted by molar-refractivity contribution is 5.95. The molecule has 2 heterocycles. The molecule has 0 saturated carbocycles. The molecule has 4 aliphatic rings. The second-order valence-corrected chi connectivity index (χ2v) is 15.6. The van der Waals surface area contributed by atoms with Gasteiger partial charge in [-0.1, -0.05) is 153 Å². The Labute approximate surface area is 325 Å². The molecule has 0 amide bonds. The fourth-order valence-electron chi connectivity index (χ4n) is 11.2. The van der Waals surface area contributed by atoms with E-state index in [2.05, 4.69) is 181 Å². The maximum Gasteiger partial charge on any atom is 0.153 e. The first-order valence-electron chi connectivity index (χ1n) is 19.7. The minimum absolute atomic E-state index is 0.455. The lowest BCUT2D eigenvalue weighted by Gasteiger charge is -2.48. The Morgan fingerprint density at radius 3 is 1.50 bits per heavy atom. The average molecular weight is 715 g/mol. The quantitative estimate of drug-likeness (QED) is 0.178. The average Bonchev–Trinajstić information content (AvgIpc) is 3.89. The van der Waals surface area contributed by atoms with Crippen molar-refractivity contribution < 1.29 is 4.74 Å². The SMILES string of the molecule is CCc1nc2cccc3c2n1-c1ccc(-c2ccc4c(c2)C2(c5ccccc5-4)c4ccccc4C4(c5ccccc5-c5ccccc54)c4ccccc42)cc1O3. The zero-order chi connectivity index (χ0) is 36.8. The van der Waals surface area contributed by atoms with Gasteiger partial charge in [-0.15, -0.1) is 0 Å². The summed E-state index contributed by atoms with van der Waals surface area (Å²) >= 11 is 0. The van der Waals surface area contributed by atoms with Crippen LogP contribution in [-0.2, 0) is 17.3 Å². The predicted octanol–water partition coefficient (Wildman–Crippen LogP) is 12.4. The second-order valence-electron chi connectivity index (χ2n) is 15.6. The maximum absolute atomic E-state index is 6.67. The van der Waals surface area contributed by atoms with E-state index in [1.165, 1.54) is 72.3 Å². The van der Waals surface area contributed by atoms with E-state index in [1.807, 2.05) is 6.07 Å². The molecule has 0 N–H and O–H groups in total. The van der Waals surface area contributed by atoms with E-state index < -0.39 is 10.8 Å². The Balaban J connectivity index is 1.08. The molecule has 0 atom stereocenters. The van der Waals surface area contributed by atoms with Crippen LogP contribution in [0.15, 0.2) is 176 Å². The zero-order valence-electron chi connectivity index (χ0n) is 30.8. The van der Waals surface area contributed by atoms with E-state index in [1.54, 1.807) is 0 Å². The van der Waals surface area contributed by atoms with E-state index in [9.17, 15) is 0 Å². The van der Waals surface area contributed by atoms with Crippen molar-refractivity contribution in [3.63, 3.8) is 0 Å². The van der Waals surface area contributed by atoms with Gasteiger partial charge in [-0.2, -0.15) is 0 Å². The van der Waals surface area contributed by atoms with Crippen molar-refractivity contribution in [3.8, 4) is 50.6 Å². The normalized spacial score (nSPS) is 15.0. The Hall–Kier alpha value is -6.97. The molecular formula is C53H34N2O. The smallest absolute Gasteiger partial charge is 0.153 e. The van der Waals surface area contributed by atoms with Gasteiger partial charge in [0, 0.05) is 6.42 Å². The molecule has 2 spiro atoms. The number of hydrogen-bond acceptors (Lipinski definition) is 2. The van der Waals surface area contributed by atoms with Gasteiger partial charge in [-0.05, 0) is 108 Å². The predicted molar refractivity (Wildman–Crippen MR) is 224 cm³/mol. The summed E-state index contributed by atoms with van der Waals surface area (Å²) in [5, 5.41) is 0. The number of fused-ring (bicyclic) bond motifs is 18. The number of nitrogens with zero attached hydrogens (tertiary/aromatic N) is 2. The molecule has 3 nitrogen and oxygen atoms in total. The number of benzene rings is 8. The van der Waals surface area contributed by atoms with Crippen LogP contribution in [0, 0.1) is 0 Å². The van der Waals surface area contributed by atoms with Crippen LogP contribution in [0.4, 0.5) is 0 Å². The van der Waals surface area contributed by atoms with Gasteiger partial charge in [0.15, 0.2) is 11.5 Å². The Morgan fingerprint density at radius 2 is 0.929 bits per heavy atom. The number of aromatic nitrogens is 2. The summed E-state index contributed by atoms with van der Waals surface area (Å²) in [5.41, 5.74) is 20.3. The Morgan fingerprint density at radius 1 is 0.446 bits per heavy atom. The lowest BCUT2D eigenvalue weighted by atomic mass is 9.52. The van der Waals surface area contributed by atoms with Gasteiger partial charge in [-0.3, -0.25) is 4.57 Å². The largest absolute Gasteiger partial charge is 0.453 e. The van der Waals surface area contributed by atoms with Crippen molar-refractivity contribution >= 4 is 11.0 Å². The van der Waals surface area contributed by atoms with Gasteiger partial charge in [0.1, 0.15) is 11.3 Å². The van der Waals surface area contributed by atoms with Crippen LogP contribution in [0.3, 0.4) is 0 Å². The molecule has 0 fully saturated rings. The van der Waals surface area contributed by atoms with Gasteiger partial charge >= 0.3 is 0 Å². The molecule has 56 heavy (non-hydrogen) atoms. The molecule has 1 aliphatic heterocycles. The number of imidazole rings is 1. The standard InChI is InChI=1S/C53H34N2O/c1-2-50-54-46-24-13-25-48-51(46)55(50)47-29-27-33(31-49(47)56-48)32-26-28-37-36-16-5-8-19-40(36)53(45(37)30-32)43-22-11-9-20-41(43)52(42-21-10-12-23-44(42)53)38-17-6-3-14-34(38)35-15-4-7-18-39(35)52/h3-31H,2H2,1H3. The van der Waals surface area contributed by atoms with Crippen molar-refractivity contribution in [3.05, 3.63) is 226 Å². The molecule has 0 radical (unpaired) electrons. The summed E-state index contributed by atoms with van der Waals surface area (Å²) < 4.78 is 8.95. The molecule has 0 bridgehead atoms. The number of para-hydroxylation sites is 1. The molecule has 0 saturated heterocycles. The summed E-state index contributed by atoms with van der Waals surface area (Å²) in [5.74, 6) is 2.74. The fraction of sp³-hybridized carbons (Fsp3) is 0.0755. The van der Waals surface area contributed by atoms with Crippen LogP contribution in [0.5, 0.6) is 11.5 Å². The van der Waals surface area contributed by atoms with Crippen LogP contribution in [0.2, 0.25) is 0 Å². The number of rotatable bonds is 2. The highest BCUT2D eigenvalue weighted by Crippen LogP contribution is 2.67. The third-order valence-electron chi connectivity index (χ3n) is 13.2. The fourth-order valence-corrected chi connectivity index (χ4v) is 11.2. The number of ether oxygens (including phenoxy) is 1. The second kappa shape index (κ2) is 10.6. The third-order valence-corrected chi connectivity index (χ3v) is 13.2. The summed E-state index contributed by atoms with van der Waals surface area (Å²) in [6, 6.07) is 65.9. The van der Waals surface area contributed by atoms with E-state index in [-0.39, 0.29) is 0 Å². The van der Waals surface area contributed by atoms with Crippen molar-refractivity contribution in [1.29, 1.82) is 0 Å². The highest BCUT2D eigenvalue weighted by Gasteiger charge is 2.58. The molecule has 0 unspecified atom stereocenters. The molecule has 3 heteroatoms. The van der Waals surface area contributed by atoms with Crippen LogP contribution in [0.1, 0.15) is 57.3 Å². The summed E-state index contributed by atoms with van der Waals surface area (Å²) in [6.45, 7) is 2.17. The summed E-state index contributed by atoms with van der Waals surface area (Å²) in [6.07, 6.45) is 0.837. The first-order chi connectivity index (χ1) is 27.7. The maximum atomic E-state index is 6.67. The van der Waals surface area contributed by atoms with Crippen molar-refractivity contribution in [2.75, 3.05) is 0 Å². The molecule has 3 aliphatic carbocycles. The zero-order valence-corrected chi connectivity index (χ0v) is 30.8. The summed E-state index contributed by atoms with van der Waals surface area (Å²) in [7, 11) is 0. The van der Waals surface area contributed by atoms with E-state index in [0.29, 0.717) is 0 Å². The monoisotopic (exact) mass is 714 g/mol. The third kappa shape index (κ3) is 3.45. The van der Waals surface area contributed by atoms with Crippen LogP contribution >= 0.6 is 0 Å². The van der Waals surface area contributed by atoms with E-state index >= 15 is 0 Å². The number of aryl methyl sites for hydroxylation is 1. The van der Waals surface area contributed by atoms with Gasteiger partial charge in [-0.25, -0.2) is 4.98 Å². The van der Waals surface area contributed by atoms with E-state index in [4.69, 9.17) is 9.72 Å². The molecule has 9 aromatic rings. The lowest BCUT2D eigenvalue weighted by Crippen LogP contribution is -2.43. The molecular weight excluding hydrogens is 681 g/mol. The molecule has 1 aromatic heterocycles. The van der Waals surface area contributed by atoms with Crippen LogP contribution in [0.25, 0.3) is 50.1 Å². The summed E-state index contributed by atoms with van der Waals surface area (Å²) in [4.78, 5) is 4.96. The lowest BCUT2D eigenvalue weighted by molar-refractivity contribution is 0.474. The Kier molecular flexibility index (Phi) is 5.76. The van der Waals surface area contributed by atoms with Gasteiger partial charge in [0.25, 0.3) is 0 Å². The van der Waals surface area contributed by atoms with Crippen molar-refractivity contribution in [2.24, 2.45) is 0 Å². The highest BCUT2D eigenvalue weighted by atomic mass is 16.5. The van der Waals surface area contributed by atoms with Crippen LogP contribution in [-0.4, -0.2) is 9.55 Å². The van der Waals surface area contributed by atoms with Gasteiger partial charge in [0.05, 0.1) is 22.0 Å². The molecule has 8 aromatic carbocycles.